The van der Waals surface area contributed by atoms with Crippen LogP contribution in [-0.4, -0.2) is 47.4 Å². The number of nitrogens with zero attached hydrogens (tertiary/aromatic N) is 7. The number of nitrogen functional groups attached to an aromatic ring is 1. The first-order chi connectivity index (χ1) is 14.8. The van der Waals surface area contributed by atoms with Crippen LogP contribution < -0.4 is 5.73 Å². The van der Waals surface area contributed by atoms with Gasteiger partial charge in [-0.15, -0.1) is 5.10 Å². The molecular weight excluding hydrogens is 380 g/mol. The van der Waals surface area contributed by atoms with E-state index < -0.39 is 0 Å². The van der Waals surface area contributed by atoms with Gasteiger partial charge in [0.2, 0.25) is 11.8 Å². The third-order valence-electron chi connectivity index (χ3n) is 5.68. The molecule has 1 aromatic carbocycles. The molecule has 1 aliphatic heterocycles. The molecule has 9 heteroatoms. The molecule has 0 radical (unpaired) electrons. The Labute approximate surface area is 171 Å². The maximum absolute atomic E-state index is 6.18. The molecule has 0 saturated carbocycles. The lowest BCUT2D eigenvalue weighted by atomic mass is 10.00. The van der Waals surface area contributed by atoms with Gasteiger partial charge in [0.15, 0.2) is 17.1 Å². The van der Waals surface area contributed by atoms with Crippen molar-refractivity contribution in [1.29, 1.82) is 0 Å². The van der Waals surface area contributed by atoms with E-state index in [4.69, 9.17) is 10.2 Å². The highest BCUT2D eigenvalue weighted by molar-refractivity contribution is 5.90. The SMILES string of the molecule is Nc1nc2c(cnn2CCN2CCc3ccccc3C2)c2nc(-c3ccco3)nn12. The minimum absolute atomic E-state index is 0.274. The molecule has 0 atom stereocenters. The molecule has 0 saturated heterocycles. The van der Waals surface area contributed by atoms with Crippen molar-refractivity contribution in [2.75, 3.05) is 18.8 Å². The van der Waals surface area contributed by atoms with E-state index in [1.54, 1.807) is 18.5 Å². The quantitative estimate of drug-likeness (QED) is 0.494. The van der Waals surface area contributed by atoms with Gasteiger partial charge in [-0.25, -0.2) is 9.67 Å². The second kappa shape index (κ2) is 6.67. The number of hydrogen-bond acceptors (Lipinski definition) is 7. The molecular formula is C21H20N8O. The summed E-state index contributed by atoms with van der Waals surface area (Å²) in [6.45, 7) is 3.63. The number of nitrogens with two attached hydrogens (primary N) is 1. The van der Waals surface area contributed by atoms with Crippen LogP contribution in [-0.2, 0) is 19.5 Å². The number of hydrogen-bond donors (Lipinski definition) is 1. The molecule has 0 fully saturated rings. The van der Waals surface area contributed by atoms with E-state index in [1.807, 2.05) is 10.7 Å². The Hall–Kier alpha value is -3.72. The van der Waals surface area contributed by atoms with Gasteiger partial charge in [0.25, 0.3) is 0 Å². The normalized spacial score (nSPS) is 14.5. The van der Waals surface area contributed by atoms with Gasteiger partial charge < -0.3 is 10.2 Å². The predicted octanol–water partition coefficient (Wildman–Crippen LogP) is 2.37. The maximum atomic E-state index is 6.18. The highest BCUT2D eigenvalue weighted by Crippen LogP contribution is 2.24. The summed E-state index contributed by atoms with van der Waals surface area (Å²) in [6, 6.07) is 12.3. The van der Waals surface area contributed by atoms with Crippen LogP contribution in [0.2, 0.25) is 0 Å². The van der Waals surface area contributed by atoms with Gasteiger partial charge in [-0.1, -0.05) is 24.3 Å². The van der Waals surface area contributed by atoms with Crippen LogP contribution in [0.1, 0.15) is 11.1 Å². The Morgan fingerprint density at radius 3 is 2.77 bits per heavy atom. The number of aromatic nitrogens is 6. The first-order valence-corrected chi connectivity index (χ1v) is 9.97. The minimum Gasteiger partial charge on any atom is -0.461 e. The summed E-state index contributed by atoms with van der Waals surface area (Å²) >= 11 is 0. The fourth-order valence-corrected chi connectivity index (χ4v) is 4.11. The van der Waals surface area contributed by atoms with Crippen LogP contribution in [0, 0.1) is 0 Å². The average Bonchev–Trinajstić information content (AvgIpc) is 3.51. The summed E-state index contributed by atoms with van der Waals surface area (Å²) in [5.74, 6) is 1.33. The highest BCUT2D eigenvalue weighted by atomic mass is 16.3. The Kier molecular flexibility index (Phi) is 3.81. The zero-order valence-electron chi connectivity index (χ0n) is 16.3. The molecule has 0 unspecified atom stereocenters. The number of benzene rings is 1. The maximum Gasteiger partial charge on any atom is 0.225 e. The van der Waals surface area contributed by atoms with Crippen LogP contribution in [0.5, 0.6) is 0 Å². The van der Waals surface area contributed by atoms with Gasteiger partial charge in [-0.05, 0) is 29.7 Å². The molecule has 5 heterocycles. The second-order valence-corrected chi connectivity index (χ2v) is 7.52. The summed E-state index contributed by atoms with van der Waals surface area (Å²) in [6.07, 6.45) is 4.45. The first kappa shape index (κ1) is 17.2. The van der Waals surface area contributed by atoms with Crippen molar-refractivity contribution in [1.82, 2.24) is 34.3 Å². The first-order valence-electron chi connectivity index (χ1n) is 9.97. The van der Waals surface area contributed by atoms with E-state index >= 15 is 0 Å². The Morgan fingerprint density at radius 2 is 1.90 bits per heavy atom. The lowest BCUT2D eigenvalue weighted by molar-refractivity contribution is 0.241. The van der Waals surface area contributed by atoms with Crippen molar-refractivity contribution in [3.63, 3.8) is 0 Å². The predicted molar refractivity (Wildman–Crippen MR) is 112 cm³/mol. The van der Waals surface area contributed by atoms with E-state index in [-0.39, 0.29) is 5.95 Å². The van der Waals surface area contributed by atoms with E-state index in [9.17, 15) is 0 Å². The van der Waals surface area contributed by atoms with Crippen LogP contribution in [0.4, 0.5) is 5.95 Å². The van der Waals surface area contributed by atoms with Gasteiger partial charge in [-0.2, -0.15) is 14.6 Å². The van der Waals surface area contributed by atoms with Crippen LogP contribution in [0.3, 0.4) is 0 Å². The summed E-state index contributed by atoms with van der Waals surface area (Å²) in [4.78, 5) is 11.6. The van der Waals surface area contributed by atoms with Gasteiger partial charge in [0, 0.05) is 19.6 Å². The van der Waals surface area contributed by atoms with Gasteiger partial charge in [0.05, 0.1) is 24.4 Å². The van der Waals surface area contributed by atoms with Crippen molar-refractivity contribution in [2.45, 2.75) is 19.5 Å². The number of anilines is 1. The third kappa shape index (κ3) is 2.74. The zero-order valence-corrected chi connectivity index (χ0v) is 16.3. The van der Waals surface area contributed by atoms with Crippen molar-refractivity contribution < 1.29 is 4.42 Å². The molecule has 9 nitrogen and oxygen atoms in total. The summed E-state index contributed by atoms with van der Waals surface area (Å²) in [5, 5.41) is 9.81. The van der Waals surface area contributed by atoms with Gasteiger partial charge >= 0.3 is 0 Å². The molecule has 2 N–H and O–H groups in total. The van der Waals surface area contributed by atoms with Crippen LogP contribution in [0.25, 0.3) is 28.3 Å². The molecule has 0 aliphatic carbocycles. The van der Waals surface area contributed by atoms with Crippen LogP contribution in [0.15, 0.2) is 53.3 Å². The molecule has 0 bridgehead atoms. The minimum atomic E-state index is 0.274. The zero-order chi connectivity index (χ0) is 20.1. The third-order valence-corrected chi connectivity index (χ3v) is 5.68. The number of rotatable bonds is 4. The van der Waals surface area contributed by atoms with E-state index in [1.165, 1.54) is 15.6 Å². The van der Waals surface area contributed by atoms with Crippen molar-refractivity contribution >= 4 is 22.6 Å². The van der Waals surface area contributed by atoms with Gasteiger partial charge in [0.1, 0.15) is 0 Å². The average molecular weight is 400 g/mol. The highest BCUT2D eigenvalue weighted by Gasteiger charge is 2.19. The molecule has 30 heavy (non-hydrogen) atoms. The van der Waals surface area contributed by atoms with Crippen molar-refractivity contribution in [3.05, 3.63) is 60.0 Å². The molecule has 5 aromatic rings. The lowest BCUT2D eigenvalue weighted by Gasteiger charge is -2.28. The van der Waals surface area contributed by atoms with Gasteiger partial charge in [-0.3, -0.25) is 4.90 Å². The lowest BCUT2D eigenvalue weighted by Crippen LogP contribution is -2.33. The van der Waals surface area contributed by atoms with E-state index in [0.717, 1.165) is 43.6 Å². The molecule has 150 valence electrons. The Balaban J connectivity index is 1.29. The van der Waals surface area contributed by atoms with Crippen LogP contribution >= 0.6 is 0 Å². The largest absolute Gasteiger partial charge is 0.461 e. The van der Waals surface area contributed by atoms with Crippen molar-refractivity contribution in [3.8, 4) is 11.6 Å². The summed E-state index contributed by atoms with van der Waals surface area (Å²) in [5.41, 5.74) is 10.4. The Morgan fingerprint density at radius 1 is 1.00 bits per heavy atom. The van der Waals surface area contributed by atoms with E-state index in [2.05, 4.69) is 49.3 Å². The molecule has 0 amide bonds. The fourth-order valence-electron chi connectivity index (χ4n) is 4.11. The van der Waals surface area contributed by atoms with Crippen molar-refractivity contribution in [2.24, 2.45) is 0 Å². The van der Waals surface area contributed by atoms with E-state index in [0.29, 0.717) is 17.2 Å². The molecule has 0 spiro atoms. The standard InChI is InChI=1S/C21H20N8O/c22-21-25-19-16(20-24-18(26-29(20)21)17-6-3-11-30-17)12-23-28(19)10-9-27-8-7-14-4-1-2-5-15(14)13-27/h1-6,11-12H,7-10,13H2,(H2,22,25). The summed E-state index contributed by atoms with van der Waals surface area (Å²) in [7, 11) is 0. The molecule has 6 rings (SSSR count). The molecule has 1 aliphatic rings. The fraction of sp³-hybridized carbons (Fsp3) is 0.238. The molecule has 4 aromatic heterocycles. The number of fused-ring (bicyclic) bond motifs is 4. The second-order valence-electron chi connectivity index (χ2n) is 7.52. The monoisotopic (exact) mass is 400 g/mol. The number of furan rings is 1. The smallest absolute Gasteiger partial charge is 0.225 e. The Bertz CT molecular complexity index is 1350. The summed E-state index contributed by atoms with van der Waals surface area (Å²) < 4.78 is 8.84. The topological polar surface area (TPSA) is 103 Å².